The lowest BCUT2D eigenvalue weighted by molar-refractivity contribution is -0.120. The van der Waals surface area contributed by atoms with Crippen molar-refractivity contribution in [2.45, 2.75) is 36.8 Å². The average Bonchev–Trinajstić information content (AvgIpc) is 3.38. The molecule has 3 rings (SSSR count). The normalized spacial score (nSPS) is 12.0. The number of hydrogen-bond acceptors (Lipinski definition) is 7. The van der Waals surface area contributed by atoms with E-state index in [1.54, 1.807) is 22.7 Å². The van der Waals surface area contributed by atoms with Crippen LogP contribution in [0.3, 0.4) is 0 Å². The maximum atomic E-state index is 12.4. The molecule has 10 heteroatoms. The summed E-state index contributed by atoms with van der Waals surface area (Å²) in [5, 5.41) is 15.6. The first-order valence-electron chi connectivity index (χ1n) is 8.26. The quantitative estimate of drug-likeness (QED) is 0.517. The lowest BCUT2D eigenvalue weighted by Gasteiger charge is -2.13. The highest BCUT2D eigenvalue weighted by Gasteiger charge is 2.21. The van der Waals surface area contributed by atoms with E-state index in [1.807, 2.05) is 46.5 Å². The SMILES string of the molecule is CC(Sc1nnc(-c2cccs2)n1CCC(N)=O)C(=O)NCc1cccs1. The molecule has 0 fully saturated rings. The van der Waals surface area contributed by atoms with Crippen LogP contribution in [0.1, 0.15) is 18.2 Å². The molecule has 0 aromatic carbocycles. The third kappa shape index (κ3) is 5.18. The van der Waals surface area contributed by atoms with Crippen LogP contribution in [-0.4, -0.2) is 31.8 Å². The van der Waals surface area contributed by atoms with Crippen molar-refractivity contribution in [2.75, 3.05) is 0 Å². The zero-order valence-electron chi connectivity index (χ0n) is 14.6. The third-order valence-corrected chi connectivity index (χ3v) is 6.53. The Labute approximate surface area is 169 Å². The Balaban J connectivity index is 1.70. The molecule has 0 aliphatic carbocycles. The van der Waals surface area contributed by atoms with Crippen LogP contribution in [0, 0.1) is 0 Å². The summed E-state index contributed by atoms with van der Waals surface area (Å²) in [6.07, 6.45) is 0.183. The predicted octanol–water partition coefficient (Wildman–Crippen LogP) is 2.74. The number of aromatic nitrogens is 3. The average molecular weight is 422 g/mol. The van der Waals surface area contributed by atoms with E-state index in [9.17, 15) is 9.59 Å². The summed E-state index contributed by atoms with van der Waals surface area (Å²) in [5.41, 5.74) is 5.30. The van der Waals surface area contributed by atoms with Gasteiger partial charge in [0, 0.05) is 17.8 Å². The fourth-order valence-electron chi connectivity index (χ4n) is 2.33. The van der Waals surface area contributed by atoms with Crippen molar-refractivity contribution in [1.29, 1.82) is 0 Å². The van der Waals surface area contributed by atoms with Gasteiger partial charge in [0.25, 0.3) is 0 Å². The molecule has 0 radical (unpaired) electrons. The van der Waals surface area contributed by atoms with Gasteiger partial charge < -0.3 is 15.6 Å². The molecule has 3 aromatic rings. The van der Waals surface area contributed by atoms with Crippen molar-refractivity contribution in [3.63, 3.8) is 0 Å². The first-order chi connectivity index (χ1) is 13.0. The van der Waals surface area contributed by atoms with Crippen LogP contribution in [0.15, 0.2) is 40.2 Å². The first kappa shape index (κ1) is 19.6. The Morgan fingerprint density at radius 2 is 2.04 bits per heavy atom. The minimum atomic E-state index is -0.390. The second kappa shape index (κ2) is 9.16. The molecule has 1 unspecified atom stereocenters. The van der Waals surface area contributed by atoms with E-state index in [4.69, 9.17) is 5.73 Å². The van der Waals surface area contributed by atoms with Crippen LogP contribution < -0.4 is 11.1 Å². The summed E-state index contributed by atoms with van der Waals surface area (Å²) in [6, 6.07) is 7.82. The largest absolute Gasteiger partial charge is 0.370 e. The fourth-order valence-corrected chi connectivity index (χ4v) is 4.59. The van der Waals surface area contributed by atoms with Crippen molar-refractivity contribution in [2.24, 2.45) is 5.73 Å². The van der Waals surface area contributed by atoms with Gasteiger partial charge in [-0.1, -0.05) is 23.9 Å². The molecule has 0 saturated heterocycles. The van der Waals surface area contributed by atoms with E-state index in [0.717, 1.165) is 9.75 Å². The highest BCUT2D eigenvalue weighted by atomic mass is 32.2. The van der Waals surface area contributed by atoms with E-state index < -0.39 is 5.91 Å². The number of carbonyl (C=O) groups is 2. The third-order valence-electron chi connectivity index (χ3n) is 3.71. The molecule has 27 heavy (non-hydrogen) atoms. The molecular weight excluding hydrogens is 402 g/mol. The number of rotatable bonds is 9. The molecule has 0 spiro atoms. The van der Waals surface area contributed by atoms with Crippen LogP contribution in [0.2, 0.25) is 0 Å². The van der Waals surface area contributed by atoms with Gasteiger partial charge in [-0.05, 0) is 29.8 Å². The second-order valence-corrected chi connectivity index (χ2v) is 9.00. The van der Waals surface area contributed by atoms with Crippen molar-refractivity contribution in [3.8, 4) is 10.7 Å². The second-order valence-electron chi connectivity index (χ2n) is 5.71. The van der Waals surface area contributed by atoms with Gasteiger partial charge in [0.1, 0.15) is 0 Å². The maximum Gasteiger partial charge on any atom is 0.233 e. The Bertz CT molecular complexity index is 890. The zero-order valence-corrected chi connectivity index (χ0v) is 17.1. The Morgan fingerprint density at radius 1 is 1.26 bits per heavy atom. The lowest BCUT2D eigenvalue weighted by atomic mass is 10.4. The Hall–Kier alpha value is -2.17. The number of hydrogen-bond donors (Lipinski definition) is 2. The van der Waals surface area contributed by atoms with Crippen LogP contribution in [0.5, 0.6) is 0 Å². The number of thioether (sulfide) groups is 1. The van der Waals surface area contributed by atoms with Gasteiger partial charge in [-0.2, -0.15) is 0 Å². The van der Waals surface area contributed by atoms with Gasteiger partial charge in [0.05, 0.1) is 16.7 Å². The van der Waals surface area contributed by atoms with Crippen molar-refractivity contribution < 1.29 is 9.59 Å². The van der Waals surface area contributed by atoms with Gasteiger partial charge in [-0.25, -0.2) is 0 Å². The van der Waals surface area contributed by atoms with E-state index in [0.29, 0.717) is 24.1 Å². The highest BCUT2D eigenvalue weighted by Crippen LogP contribution is 2.29. The number of carbonyl (C=O) groups excluding carboxylic acids is 2. The van der Waals surface area contributed by atoms with E-state index in [-0.39, 0.29) is 17.6 Å². The molecule has 0 aliphatic rings. The van der Waals surface area contributed by atoms with Crippen LogP contribution in [0.25, 0.3) is 10.7 Å². The molecule has 0 aliphatic heterocycles. The molecule has 3 aromatic heterocycles. The monoisotopic (exact) mass is 421 g/mol. The number of primary amides is 1. The molecule has 7 nitrogen and oxygen atoms in total. The molecule has 3 N–H and O–H groups in total. The number of nitrogens with one attached hydrogen (secondary N) is 1. The maximum absolute atomic E-state index is 12.4. The fraction of sp³-hybridized carbons (Fsp3) is 0.294. The summed E-state index contributed by atoms with van der Waals surface area (Å²) < 4.78 is 1.85. The minimum absolute atomic E-state index is 0.0736. The molecule has 0 saturated carbocycles. The number of thiophene rings is 2. The summed E-state index contributed by atoms with van der Waals surface area (Å²) in [7, 11) is 0. The first-order valence-corrected chi connectivity index (χ1v) is 10.9. The highest BCUT2D eigenvalue weighted by molar-refractivity contribution is 8.00. The Morgan fingerprint density at radius 3 is 2.70 bits per heavy atom. The van der Waals surface area contributed by atoms with E-state index >= 15 is 0 Å². The summed E-state index contributed by atoms with van der Waals surface area (Å²) in [5.74, 6) is 0.217. The van der Waals surface area contributed by atoms with E-state index in [2.05, 4.69) is 15.5 Å². The molecular formula is C17H19N5O2S3. The van der Waals surface area contributed by atoms with Crippen molar-refractivity contribution in [1.82, 2.24) is 20.1 Å². The summed E-state index contributed by atoms with van der Waals surface area (Å²) in [6.45, 7) is 2.71. The lowest BCUT2D eigenvalue weighted by Crippen LogP contribution is -2.30. The van der Waals surface area contributed by atoms with Crippen LogP contribution in [0.4, 0.5) is 0 Å². The zero-order chi connectivity index (χ0) is 19.2. The van der Waals surface area contributed by atoms with Crippen LogP contribution >= 0.6 is 34.4 Å². The van der Waals surface area contributed by atoms with Gasteiger partial charge in [0.15, 0.2) is 11.0 Å². The van der Waals surface area contributed by atoms with Crippen molar-refractivity contribution >= 4 is 46.2 Å². The molecule has 3 heterocycles. The molecule has 2 amide bonds. The predicted molar refractivity (Wildman–Crippen MR) is 109 cm³/mol. The van der Waals surface area contributed by atoms with Crippen molar-refractivity contribution in [3.05, 3.63) is 39.9 Å². The minimum Gasteiger partial charge on any atom is -0.370 e. The smallest absolute Gasteiger partial charge is 0.233 e. The topological polar surface area (TPSA) is 103 Å². The number of nitrogens with two attached hydrogens (primary N) is 1. The van der Waals surface area contributed by atoms with Gasteiger partial charge >= 0.3 is 0 Å². The summed E-state index contributed by atoms with van der Waals surface area (Å²) in [4.78, 5) is 25.7. The van der Waals surface area contributed by atoms with Gasteiger partial charge in [-0.3, -0.25) is 9.59 Å². The van der Waals surface area contributed by atoms with Gasteiger partial charge in [0.2, 0.25) is 11.8 Å². The molecule has 1 atom stereocenters. The van der Waals surface area contributed by atoms with Crippen LogP contribution in [-0.2, 0) is 22.7 Å². The molecule has 142 valence electrons. The van der Waals surface area contributed by atoms with Gasteiger partial charge in [-0.15, -0.1) is 32.9 Å². The summed E-state index contributed by atoms with van der Waals surface area (Å²) >= 11 is 4.46. The van der Waals surface area contributed by atoms with E-state index in [1.165, 1.54) is 11.8 Å². The number of nitrogens with zero attached hydrogens (tertiary/aromatic N) is 3. The number of amides is 2. The standard InChI is InChI=1S/C17H19N5O2S3/c1-11(16(24)19-10-12-4-2-8-25-12)27-17-21-20-15(13-5-3-9-26-13)22(17)7-6-14(18)23/h2-5,8-9,11H,6-7,10H2,1H3,(H2,18,23)(H,19,24). The Kier molecular flexibility index (Phi) is 6.64. The molecule has 0 bridgehead atoms.